The standard InChI is InChI=1S/C16H21N3O3/c1-13(16(20)17-10-6-12-21-2)22-15-9-11-19(18-15)14-7-4-3-5-8-14/h3-5,7-9,11,13H,6,10,12H2,1-2H3,(H,17,20). The Hall–Kier alpha value is -2.34. The Morgan fingerprint density at radius 3 is 2.82 bits per heavy atom. The van der Waals surface area contributed by atoms with Crippen LogP contribution in [0.1, 0.15) is 13.3 Å². The van der Waals surface area contributed by atoms with E-state index >= 15 is 0 Å². The lowest BCUT2D eigenvalue weighted by molar-refractivity contribution is -0.127. The molecule has 0 aliphatic rings. The van der Waals surface area contributed by atoms with Crippen LogP contribution in [0.5, 0.6) is 5.88 Å². The molecule has 118 valence electrons. The number of aromatic nitrogens is 2. The average molecular weight is 303 g/mol. The molecule has 1 aromatic carbocycles. The van der Waals surface area contributed by atoms with Crippen molar-refractivity contribution in [2.45, 2.75) is 19.4 Å². The second-order valence-electron chi connectivity index (χ2n) is 4.83. The summed E-state index contributed by atoms with van der Waals surface area (Å²) in [6.45, 7) is 2.89. The first-order chi connectivity index (χ1) is 10.7. The number of hydrogen-bond acceptors (Lipinski definition) is 4. The molecule has 0 radical (unpaired) electrons. The van der Waals surface area contributed by atoms with Crippen molar-refractivity contribution in [3.8, 4) is 11.6 Å². The summed E-state index contributed by atoms with van der Waals surface area (Å²) >= 11 is 0. The number of ether oxygens (including phenoxy) is 2. The van der Waals surface area contributed by atoms with E-state index in [9.17, 15) is 4.79 Å². The Bertz CT molecular complexity index is 583. The third kappa shape index (κ3) is 4.60. The van der Waals surface area contributed by atoms with E-state index in [4.69, 9.17) is 9.47 Å². The largest absolute Gasteiger partial charge is 0.463 e. The normalized spacial score (nSPS) is 11.9. The molecule has 6 nitrogen and oxygen atoms in total. The molecule has 0 spiro atoms. The molecule has 22 heavy (non-hydrogen) atoms. The van der Waals surface area contributed by atoms with E-state index in [1.807, 2.05) is 30.3 Å². The van der Waals surface area contributed by atoms with Crippen molar-refractivity contribution < 1.29 is 14.3 Å². The van der Waals surface area contributed by atoms with Gasteiger partial charge >= 0.3 is 0 Å². The van der Waals surface area contributed by atoms with Gasteiger partial charge in [0.05, 0.1) is 5.69 Å². The average Bonchev–Trinajstić information content (AvgIpc) is 3.00. The molecule has 0 saturated heterocycles. The van der Waals surface area contributed by atoms with Crippen LogP contribution in [-0.2, 0) is 9.53 Å². The summed E-state index contributed by atoms with van der Waals surface area (Å²) < 4.78 is 12.2. The summed E-state index contributed by atoms with van der Waals surface area (Å²) in [5.41, 5.74) is 0.939. The molecule has 0 aliphatic heterocycles. The number of nitrogens with one attached hydrogen (secondary N) is 1. The van der Waals surface area contributed by atoms with Crippen LogP contribution in [0.15, 0.2) is 42.6 Å². The predicted octanol–water partition coefficient (Wildman–Crippen LogP) is 1.79. The van der Waals surface area contributed by atoms with E-state index in [1.165, 1.54) is 0 Å². The summed E-state index contributed by atoms with van der Waals surface area (Å²) in [4.78, 5) is 11.9. The number of amides is 1. The number of carbonyl (C=O) groups is 1. The maximum atomic E-state index is 11.9. The molecule has 1 amide bonds. The van der Waals surface area contributed by atoms with Crippen molar-refractivity contribution in [3.63, 3.8) is 0 Å². The van der Waals surface area contributed by atoms with Gasteiger partial charge in [-0.2, -0.15) is 0 Å². The zero-order valence-corrected chi connectivity index (χ0v) is 12.9. The van der Waals surface area contributed by atoms with Crippen LogP contribution in [0.2, 0.25) is 0 Å². The molecule has 0 bridgehead atoms. The number of para-hydroxylation sites is 1. The lowest BCUT2D eigenvalue weighted by Gasteiger charge is -2.12. The summed E-state index contributed by atoms with van der Waals surface area (Å²) in [7, 11) is 1.64. The molecule has 1 N–H and O–H groups in total. The van der Waals surface area contributed by atoms with E-state index in [2.05, 4.69) is 10.4 Å². The summed E-state index contributed by atoms with van der Waals surface area (Å²) in [5, 5.41) is 7.10. The van der Waals surface area contributed by atoms with Gasteiger partial charge in [-0.1, -0.05) is 18.2 Å². The van der Waals surface area contributed by atoms with Gasteiger partial charge in [0.25, 0.3) is 5.91 Å². The van der Waals surface area contributed by atoms with Crippen molar-refractivity contribution in [1.29, 1.82) is 0 Å². The van der Waals surface area contributed by atoms with Gasteiger partial charge in [0.15, 0.2) is 6.10 Å². The fraction of sp³-hybridized carbons (Fsp3) is 0.375. The second-order valence-corrected chi connectivity index (χ2v) is 4.83. The van der Waals surface area contributed by atoms with Crippen molar-refractivity contribution in [3.05, 3.63) is 42.6 Å². The summed E-state index contributed by atoms with van der Waals surface area (Å²) in [6.07, 6.45) is 1.98. The first-order valence-electron chi connectivity index (χ1n) is 7.25. The molecule has 0 fully saturated rings. The lowest BCUT2D eigenvalue weighted by Crippen LogP contribution is -2.37. The highest BCUT2D eigenvalue weighted by Gasteiger charge is 2.15. The highest BCUT2D eigenvalue weighted by molar-refractivity contribution is 5.80. The molecular formula is C16H21N3O3. The van der Waals surface area contributed by atoms with Gasteiger partial charge in [-0.15, -0.1) is 5.10 Å². The predicted molar refractivity (Wildman–Crippen MR) is 83.2 cm³/mol. The molecule has 1 heterocycles. The summed E-state index contributed by atoms with van der Waals surface area (Å²) in [6, 6.07) is 11.5. The fourth-order valence-corrected chi connectivity index (χ4v) is 1.90. The Balaban J connectivity index is 1.85. The molecular weight excluding hydrogens is 282 g/mol. The second kappa shape index (κ2) is 8.19. The molecule has 2 aromatic rings. The monoisotopic (exact) mass is 303 g/mol. The first-order valence-corrected chi connectivity index (χ1v) is 7.25. The minimum atomic E-state index is -0.596. The molecule has 1 aromatic heterocycles. The maximum Gasteiger partial charge on any atom is 0.260 e. The molecule has 6 heteroatoms. The smallest absolute Gasteiger partial charge is 0.260 e. The van der Waals surface area contributed by atoms with Gasteiger partial charge in [-0.3, -0.25) is 4.79 Å². The SMILES string of the molecule is COCCCNC(=O)C(C)Oc1ccn(-c2ccccc2)n1. The number of benzene rings is 1. The van der Waals surface area contributed by atoms with Crippen LogP contribution in [0.4, 0.5) is 0 Å². The van der Waals surface area contributed by atoms with Crippen LogP contribution in [-0.4, -0.2) is 42.1 Å². The van der Waals surface area contributed by atoms with Gasteiger partial charge in [0.1, 0.15) is 0 Å². The number of carbonyl (C=O) groups excluding carboxylic acids is 1. The van der Waals surface area contributed by atoms with E-state index in [1.54, 1.807) is 31.0 Å². The molecule has 2 rings (SSSR count). The third-order valence-electron chi connectivity index (χ3n) is 3.08. The van der Waals surface area contributed by atoms with E-state index in [-0.39, 0.29) is 5.91 Å². The Kier molecular flexibility index (Phi) is 5.97. The van der Waals surface area contributed by atoms with Crippen LogP contribution < -0.4 is 10.1 Å². The number of nitrogens with zero attached hydrogens (tertiary/aromatic N) is 2. The van der Waals surface area contributed by atoms with Gasteiger partial charge in [0, 0.05) is 32.5 Å². The zero-order valence-electron chi connectivity index (χ0n) is 12.9. The Morgan fingerprint density at radius 1 is 1.32 bits per heavy atom. The van der Waals surface area contributed by atoms with Crippen molar-refractivity contribution in [2.75, 3.05) is 20.3 Å². The molecule has 1 unspecified atom stereocenters. The van der Waals surface area contributed by atoms with Crippen molar-refractivity contribution in [1.82, 2.24) is 15.1 Å². The highest BCUT2D eigenvalue weighted by atomic mass is 16.5. The quantitative estimate of drug-likeness (QED) is 0.755. The topological polar surface area (TPSA) is 65.4 Å². The molecule has 1 atom stereocenters. The first kappa shape index (κ1) is 16.0. The fourth-order valence-electron chi connectivity index (χ4n) is 1.90. The van der Waals surface area contributed by atoms with Gasteiger partial charge < -0.3 is 14.8 Å². The molecule has 0 aliphatic carbocycles. The number of rotatable bonds is 8. The maximum absolute atomic E-state index is 11.9. The Labute approximate surface area is 130 Å². The van der Waals surface area contributed by atoms with Gasteiger partial charge in [-0.25, -0.2) is 4.68 Å². The summed E-state index contributed by atoms with van der Waals surface area (Å²) in [5.74, 6) is 0.258. The highest BCUT2D eigenvalue weighted by Crippen LogP contribution is 2.13. The van der Waals surface area contributed by atoms with E-state index in [0.717, 1.165) is 12.1 Å². The van der Waals surface area contributed by atoms with Crippen molar-refractivity contribution in [2.24, 2.45) is 0 Å². The van der Waals surface area contributed by atoms with Crippen LogP contribution >= 0.6 is 0 Å². The van der Waals surface area contributed by atoms with Crippen LogP contribution in [0, 0.1) is 0 Å². The van der Waals surface area contributed by atoms with Gasteiger partial charge in [-0.05, 0) is 25.5 Å². The van der Waals surface area contributed by atoms with Crippen LogP contribution in [0.3, 0.4) is 0 Å². The minimum Gasteiger partial charge on any atom is -0.463 e. The van der Waals surface area contributed by atoms with Crippen LogP contribution in [0.25, 0.3) is 5.69 Å². The van der Waals surface area contributed by atoms with E-state index < -0.39 is 6.10 Å². The number of methoxy groups -OCH3 is 1. The van der Waals surface area contributed by atoms with Gasteiger partial charge in [0.2, 0.25) is 5.88 Å². The lowest BCUT2D eigenvalue weighted by atomic mass is 10.3. The zero-order chi connectivity index (χ0) is 15.8. The molecule has 0 saturated carbocycles. The minimum absolute atomic E-state index is 0.162. The van der Waals surface area contributed by atoms with Crippen molar-refractivity contribution >= 4 is 5.91 Å². The Morgan fingerprint density at radius 2 is 2.09 bits per heavy atom. The third-order valence-corrected chi connectivity index (χ3v) is 3.08. The van der Waals surface area contributed by atoms with E-state index in [0.29, 0.717) is 19.0 Å². The number of hydrogen-bond donors (Lipinski definition) is 1.